The third kappa shape index (κ3) is 1.91. The molecule has 2 aromatic rings. The highest BCUT2D eigenvalue weighted by atomic mass is 35.5. The van der Waals surface area contributed by atoms with Gasteiger partial charge < -0.3 is 4.49 Å². The van der Waals surface area contributed by atoms with Gasteiger partial charge in [0.25, 0.3) is 0 Å². The van der Waals surface area contributed by atoms with Crippen LogP contribution in [0, 0.1) is 0 Å². The van der Waals surface area contributed by atoms with E-state index in [-0.39, 0.29) is 5.54 Å². The van der Waals surface area contributed by atoms with Gasteiger partial charge in [-0.15, -0.1) is 10.9 Å². The predicted molar refractivity (Wildman–Crippen MR) is 88.9 cm³/mol. The fourth-order valence-electron chi connectivity index (χ4n) is 3.15. The van der Waals surface area contributed by atoms with E-state index in [1.165, 1.54) is 16.5 Å². The van der Waals surface area contributed by atoms with E-state index in [0.717, 1.165) is 0 Å². The van der Waals surface area contributed by atoms with Crippen molar-refractivity contribution in [2.75, 3.05) is 0 Å². The minimum atomic E-state index is -1.42. The molecule has 1 aliphatic heterocycles. The average molecular weight is 284 g/mol. The minimum Gasteiger partial charge on any atom is -0.431 e. The van der Waals surface area contributed by atoms with Gasteiger partial charge in [-0.05, 0) is 20.8 Å². The summed E-state index contributed by atoms with van der Waals surface area (Å²) in [5.41, 5.74) is 2.16. The zero-order chi connectivity index (χ0) is 14.4. The minimum absolute atomic E-state index is 0.0311. The Morgan fingerprint density at radius 3 is 2.15 bits per heavy atom. The standard InChI is InChI=1S/C17H19BClN/c1-17(2,3)20-13-14-9-7-8-12-16(14)18(20,19)15-10-5-4-6-11-15/h4-13H,1-3H3/t18-/m1/s1. The molecule has 0 N–H and O–H groups in total. The zero-order valence-electron chi connectivity index (χ0n) is 12.2. The molecule has 3 rings (SSSR count). The lowest BCUT2D eigenvalue weighted by Gasteiger charge is -2.36. The van der Waals surface area contributed by atoms with E-state index < -0.39 is 5.70 Å². The van der Waals surface area contributed by atoms with E-state index in [2.05, 4.69) is 80.0 Å². The molecular weight excluding hydrogens is 264 g/mol. The van der Waals surface area contributed by atoms with Crippen molar-refractivity contribution in [3.8, 4) is 0 Å². The van der Waals surface area contributed by atoms with Crippen molar-refractivity contribution in [3.05, 3.63) is 60.2 Å². The molecule has 0 bridgehead atoms. The van der Waals surface area contributed by atoms with Gasteiger partial charge in [0.15, 0.2) is 0 Å². The molecule has 0 saturated carbocycles. The fourth-order valence-corrected chi connectivity index (χ4v) is 3.85. The summed E-state index contributed by atoms with van der Waals surface area (Å²) in [4.78, 5) is 0. The highest BCUT2D eigenvalue weighted by Crippen LogP contribution is 2.25. The van der Waals surface area contributed by atoms with Crippen LogP contribution in [0.3, 0.4) is 0 Å². The summed E-state index contributed by atoms with van der Waals surface area (Å²) in [5.74, 6) is 0. The molecule has 1 nitrogen and oxygen atoms in total. The van der Waals surface area contributed by atoms with Gasteiger partial charge in [0.1, 0.15) is 11.8 Å². The molecule has 0 aromatic heterocycles. The van der Waals surface area contributed by atoms with Crippen LogP contribution < -0.4 is 10.9 Å². The van der Waals surface area contributed by atoms with Gasteiger partial charge in [0.2, 0.25) is 0 Å². The molecule has 1 heterocycles. The molecule has 0 radical (unpaired) electrons. The topological polar surface area (TPSA) is 3.01 Å². The van der Waals surface area contributed by atoms with Crippen molar-refractivity contribution in [1.29, 1.82) is 0 Å². The average Bonchev–Trinajstić information content (AvgIpc) is 2.75. The summed E-state index contributed by atoms with van der Waals surface area (Å²) in [5, 5.41) is 0. The monoisotopic (exact) mass is 283 g/mol. The van der Waals surface area contributed by atoms with Gasteiger partial charge in [-0.3, -0.25) is 11.5 Å². The molecule has 0 fully saturated rings. The smallest absolute Gasteiger partial charge is 0.412 e. The normalized spacial score (nSPS) is 21.5. The van der Waals surface area contributed by atoms with E-state index in [1.807, 2.05) is 6.07 Å². The number of halogens is 1. The van der Waals surface area contributed by atoms with Crippen molar-refractivity contribution in [2.24, 2.45) is 0 Å². The summed E-state index contributed by atoms with van der Waals surface area (Å²) in [7, 11) is 0. The van der Waals surface area contributed by atoms with Crippen LogP contribution in [0.15, 0.2) is 54.6 Å². The first-order valence-electron chi connectivity index (χ1n) is 7.06. The highest BCUT2D eigenvalue weighted by Gasteiger charge is 2.48. The molecule has 2 aromatic carbocycles. The van der Waals surface area contributed by atoms with Crippen LogP contribution in [-0.4, -0.2) is 21.9 Å². The lowest BCUT2D eigenvalue weighted by atomic mass is 9.48. The number of nitrogens with zero attached hydrogens (tertiary/aromatic N) is 1. The van der Waals surface area contributed by atoms with E-state index in [4.69, 9.17) is 11.5 Å². The van der Waals surface area contributed by atoms with Crippen LogP contribution in [0.25, 0.3) is 0 Å². The lowest BCUT2D eigenvalue weighted by molar-refractivity contribution is -0.468. The van der Waals surface area contributed by atoms with Crippen LogP contribution >= 0.6 is 11.5 Å². The summed E-state index contributed by atoms with van der Waals surface area (Å²) in [6.07, 6.45) is 2.20. The molecular formula is C17H19BClN. The molecule has 20 heavy (non-hydrogen) atoms. The van der Waals surface area contributed by atoms with Crippen molar-refractivity contribution in [1.82, 2.24) is 0 Å². The number of hydrogen-bond donors (Lipinski definition) is 0. The van der Waals surface area contributed by atoms with Gasteiger partial charge in [-0.1, -0.05) is 54.6 Å². The molecule has 0 unspecified atom stereocenters. The van der Waals surface area contributed by atoms with Gasteiger partial charge in [-0.2, -0.15) is 0 Å². The van der Waals surface area contributed by atoms with Crippen molar-refractivity contribution >= 4 is 34.3 Å². The maximum atomic E-state index is 7.23. The second-order valence-corrected chi connectivity index (χ2v) is 7.10. The summed E-state index contributed by atoms with van der Waals surface area (Å²) in [6, 6.07) is 18.8. The second-order valence-electron chi connectivity index (χ2n) is 6.47. The van der Waals surface area contributed by atoms with Crippen LogP contribution in [0.5, 0.6) is 0 Å². The number of rotatable bonds is 1. The van der Waals surface area contributed by atoms with Gasteiger partial charge in [0, 0.05) is 5.56 Å². The lowest BCUT2D eigenvalue weighted by Crippen LogP contribution is -2.64. The van der Waals surface area contributed by atoms with Crippen LogP contribution in [0.2, 0.25) is 0 Å². The van der Waals surface area contributed by atoms with Crippen LogP contribution in [0.4, 0.5) is 0 Å². The largest absolute Gasteiger partial charge is 0.431 e. The number of benzene rings is 2. The Morgan fingerprint density at radius 1 is 0.900 bits per heavy atom. The highest BCUT2D eigenvalue weighted by molar-refractivity contribution is 7.30. The molecule has 0 spiro atoms. The number of hydrogen-bond acceptors (Lipinski definition) is 0. The van der Waals surface area contributed by atoms with Crippen molar-refractivity contribution < 1.29 is 4.49 Å². The maximum absolute atomic E-state index is 7.23. The molecule has 0 aliphatic carbocycles. The Bertz CT molecular complexity index is 673. The first-order valence-corrected chi connectivity index (χ1v) is 7.50. The zero-order valence-corrected chi connectivity index (χ0v) is 12.9. The third-order valence-corrected chi connectivity index (χ3v) is 4.78. The first kappa shape index (κ1) is 13.4. The Hall–Kier alpha value is -1.54. The van der Waals surface area contributed by atoms with Crippen molar-refractivity contribution in [2.45, 2.75) is 26.3 Å². The Labute approximate surface area is 125 Å². The quantitative estimate of drug-likeness (QED) is 0.708. The summed E-state index contributed by atoms with van der Waals surface area (Å²) >= 11 is 7.23. The molecule has 102 valence electrons. The summed E-state index contributed by atoms with van der Waals surface area (Å²) in [6.45, 7) is 6.62. The van der Waals surface area contributed by atoms with Crippen LogP contribution in [0.1, 0.15) is 26.3 Å². The molecule has 1 atom stereocenters. The molecule has 0 saturated heterocycles. The molecule has 1 aliphatic rings. The van der Waals surface area contributed by atoms with Crippen LogP contribution in [-0.2, 0) is 0 Å². The Kier molecular flexibility index (Phi) is 3.02. The first-order chi connectivity index (χ1) is 9.44. The van der Waals surface area contributed by atoms with E-state index >= 15 is 0 Å². The second kappa shape index (κ2) is 4.49. The van der Waals surface area contributed by atoms with Gasteiger partial charge in [-0.25, -0.2) is 0 Å². The maximum Gasteiger partial charge on any atom is 0.412 e. The van der Waals surface area contributed by atoms with E-state index in [0.29, 0.717) is 0 Å². The Morgan fingerprint density at radius 2 is 1.50 bits per heavy atom. The van der Waals surface area contributed by atoms with Gasteiger partial charge in [0.05, 0.1) is 0 Å². The molecule has 0 amide bonds. The predicted octanol–water partition coefficient (Wildman–Crippen LogP) is 2.73. The Balaban J connectivity index is 2.28. The third-order valence-electron chi connectivity index (χ3n) is 4.09. The SMILES string of the molecule is CC(C)(C)[N+]1=Cc2ccccc2[B@@-]1(Cl)c1ccccc1. The van der Waals surface area contributed by atoms with E-state index in [1.54, 1.807) is 0 Å². The number of fused-ring (bicyclic) bond motifs is 1. The molecule has 3 heteroatoms. The van der Waals surface area contributed by atoms with E-state index in [9.17, 15) is 0 Å². The van der Waals surface area contributed by atoms with Gasteiger partial charge >= 0.3 is 5.70 Å². The van der Waals surface area contributed by atoms with Crippen molar-refractivity contribution in [3.63, 3.8) is 0 Å². The summed E-state index contributed by atoms with van der Waals surface area (Å²) < 4.78 is 2.31. The fraction of sp³-hybridized carbons (Fsp3) is 0.235.